The predicted molar refractivity (Wildman–Crippen MR) is 150 cm³/mol. The number of aromatic nitrogens is 1. The minimum absolute atomic E-state index is 0.0239. The van der Waals surface area contributed by atoms with Crippen molar-refractivity contribution in [1.29, 1.82) is 0 Å². The molecule has 0 unspecified atom stereocenters. The lowest BCUT2D eigenvalue weighted by Crippen LogP contribution is -2.59. The molecule has 2 aromatic carbocycles. The molecule has 1 aliphatic carbocycles. The second kappa shape index (κ2) is 9.96. The van der Waals surface area contributed by atoms with Gasteiger partial charge in [-0.2, -0.15) is 0 Å². The van der Waals surface area contributed by atoms with E-state index >= 15 is 0 Å². The van der Waals surface area contributed by atoms with E-state index in [2.05, 4.69) is 11.9 Å². The average molecular weight is 552 g/mol. The molecule has 0 spiro atoms. The van der Waals surface area contributed by atoms with Crippen LogP contribution in [0.4, 0.5) is 10.5 Å². The third-order valence-electron chi connectivity index (χ3n) is 6.88. The number of nitrogens with zero attached hydrogens (tertiary/aromatic N) is 4. The third kappa shape index (κ3) is 5.42. The van der Waals surface area contributed by atoms with E-state index in [1.54, 1.807) is 21.1 Å². The molecule has 0 radical (unpaired) electrons. The molecule has 1 N–H and O–H groups in total. The number of benzene rings is 2. The highest BCUT2D eigenvalue weighted by molar-refractivity contribution is 7.18. The molecule has 1 saturated carbocycles. The van der Waals surface area contributed by atoms with Crippen LogP contribution in [0.2, 0.25) is 5.02 Å². The van der Waals surface area contributed by atoms with Crippen LogP contribution in [0.15, 0.2) is 59.9 Å². The second-order valence-corrected chi connectivity index (χ2v) is 12.0. The van der Waals surface area contributed by atoms with Crippen molar-refractivity contribution in [3.8, 4) is 0 Å². The largest absolute Gasteiger partial charge is 0.350 e. The number of carbonyl (C=O) groups excluding carboxylic acids is 1. The van der Waals surface area contributed by atoms with Crippen LogP contribution < -0.4 is 5.32 Å². The Morgan fingerprint density at radius 2 is 1.89 bits per heavy atom. The van der Waals surface area contributed by atoms with Gasteiger partial charge in [-0.3, -0.25) is 9.80 Å². The highest BCUT2D eigenvalue weighted by Crippen LogP contribution is 2.43. The Kier molecular flexibility index (Phi) is 6.63. The number of aliphatic imine (C=N–C) groups is 1. The minimum atomic E-state index is -0.614. The van der Waals surface area contributed by atoms with Gasteiger partial charge >= 0.3 is 6.03 Å². The number of nitrogens with one attached hydrogen (secondary N) is 1. The number of rotatable bonds is 6. The van der Waals surface area contributed by atoms with E-state index in [-0.39, 0.29) is 11.9 Å². The first kappa shape index (κ1) is 25.3. The summed E-state index contributed by atoms with van der Waals surface area (Å²) in [5, 5.41) is 5.12. The molecule has 2 aliphatic heterocycles. The van der Waals surface area contributed by atoms with Gasteiger partial charge in [-0.25, -0.2) is 14.8 Å². The molecule has 198 valence electrons. The quantitative estimate of drug-likeness (QED) is 0.394. The molecule has 2 amide bonds. The van der Waals surface area contributed by atoms with Crippen molar-refractivity contribution >= 4 is 50.8 Å². The summed E-state index contributed by atoms with van der Waals surface area (Å²) in [5.74, 6) is 0.915. The zero-order valence-electron chi connectivity index (χ0n) is 21.4. The van der Waals surface area contributed by atoms with Gasteiger partial charge in [0.05, 0.1) is 40.7 Å². The van der Waals surface area contributed by atoms with Gasteiger partial charge < -0.3 is 14.8 Å². The number of guanidine groups is 1. The smallest absolute Gasteiger partial charge is 0.332 e. The Labute approximate surface area is 230 Å². The molecule has 0 bridgehead atoms. The van der Waals surface area contributed by atoms with E-state index in [1.165, 1.54) is 17.8 Å². The monoisotopic (exact) mass is 551 g/mol. The van der Waals surface area contributed by atoms with Crippen LogP contribution >= 0.6 is 22.9 Å². The Morgan fingerprint density at radius 3 is 2.61 bits per heavy atom. The van der Waals surface area contributed by atoms with Gasteiger partial charge in [0.15, 0.2) is 5.79 Å². The first-order valence-electron chi connectivity index (χ1n) is 12.8. The molecule has 38 heavy (non-hydrogen) atoms. The average Bonchev–Trinajstić information content (AvgIpc) is 3.65. The third-order valence-corrected chi connectivity index (χ3v) is 8.31. The Bertz CT molecular complexity index is 1410. The van der Waals surface area contributed by atoms with Gasteiger partial charge in [-0.15, -0.1) is 11.3 Å². The number of fused-ring (bicyclic) bond motifs is 1. The molecule has 3 aromatic rings. The molecule has 3 aliphatic rings. The van der Waals surface area contributed by atoms with Gasteiger partial charge in [0.25, 0.3) is 0 Å². The molecule has 3 heterocycles. The molecular weight excluding hydrogens is 522 g/mol. The summed E-state index contributed by atoms with van der Waals surface area (Å²) in [6, 6.07) is 13.2. The number of hydrogen-bond acceptors (Lipinski definition) is 6. The van der Waals surface area contributed by atoms with Crippen molar-refractivity contribution in [2.45, 2.75) is 44.9 Å². The summed E-state index contributed by atoms with van der Waals surface area (Å²) < 4.78 is 12.7. The highest BCUT2D eigenvalue weighted by Gasteiger charge is 2.37. The summed E-state index contributed by atoms with van der Waals surface area (Å²) in [5.41, 5.74) is 2.67. The molecule has 6 rings (SSSR count). The van der Waals surface area contributed by atoms with Gasteiger partial charge in [0.2, 0.25) is 5.96 Å². The van der Waals surface area contributed by atoms with Gasteiger partial charge in [0, 0.05) is 23.4 Å². The lowest BCUT2D eigenvalue weighted by atomic mass is 10.1. The fourth-order valence-electron chi connectivity index (χ4n) is 4.53. The van der Waals surface area contributed by atoms with E-state index in [0.717, 1.165) is 21.5 Å². The van der Waals surface area contributed by atoms with E-state index < -0.39 is 5.79 Å². The molecule has 1 aromatic heterocycles. The minimum Gasteiger partial charge on any atom is -0.350 e. The standard InChI is InChI=1S/C28H30ClN5O3S/c1-17-30-26(31-22-10-11-23-24(12-22)38-25(32-23)20-6-7-20)34(13-18-4-8-21(29)9-5-18)27(35)33(17)14-19-15-36-28(2,3)37-16-19/h4-5,8-12,19-20H,1,6-7,13-16H2,2-3H3,(H,30,31). The summed E-state index contributed by atoms with van der Waals surface area (Å²) in [6.07, 6.45) is 2.44. The molecule has 2 saturated heterocycles. The fourth-order valence-corrected chi connectivity index (χ4v) is 5.82. The Balaban J connectivity index is 1.28. The first-order chi connectivity index (χ1) is 18.2. The van der Waals surface area contributed by atoms with Crippen molar-refractivity contribution < 1.29 is 14.3 Å². The fraction of sp³-hybridized carbons (Fsp3) is 0.393. The molecule has 10 heteroatoms. The van der Waals surface area contributed by atoms with Crippen LogP contribution in [0, 0.1) is 5.92 Å². The number of hydrogen-bond donors (Lipinski definition) is 1. The number of halogens is 1. The van der Waals surface area contributed by atoms with Crippen LogP contribution in [-0.4, -0.2) is 52.3 Å². The maximum Gasteiger partial charge on any atom is 0.332 e. The van der Waals surface area contributed by atoms with Gasteiger partial charge in [-0.1, -0.05) is 30.3 Å². The maximum absolute atomic E-state index is 13.9. The highest BCUT2D eigenvalue weighted by atomic mass is 35.5. The number of urea groups is 1. The SMILES string of the molecule is C=C1N/C(=N\c2ccc3nc(C4CC4)sc3c2)N(Cc2ccc(Cl)cc2)C(=O)N1CC1COC(C)(C)OC1. The molecule has 0 atom stereocenters. The van der Waals surface area contributed by atoms with Crippen molar-refractivity contribution in [2.24, 2.45) is 10.9 Å². The molecular formula is C28H30ClN5O3S. The second-order valence-electron chi connectivity index (χ2n) is 10.5. The lowest BCUT2D eigenvalue weighted by Gasteiger charge is -2.41. The van der Waals surface area contributed by atoms with Gasteiger partial charge in [0.1, 0.15) is 5.82 Å². The lowest BCUT2D eigenvalue weighted by molar-refractivity contribution is -0.262. The zero-order valence-corrected chi connectivity index (χ0v) is 23.0. The predicted octanol–water partition coefficient (Wildman–Crippen LogP) is 6.21. The zero-order chi connectivity index (χ0) is 26.4. The van der Waals surface area contributed by atoms with Gasteiger partial charge in [-0.05, 0) is 62.6 Å². The number of carbonyl (C=O) groups is 1. The van der Waals surface area contributed by atoms with E-state index in [9.17, 15) is 4.79 Å². The summed E-state index contributed by atoms with van der Waals surface area (Å²) in [6.45, 7) is 9.67. The summed E-state index contributed by atoms with van der Waals surface area (Å²) >= 11 is 7.82. The number of thiazole rings is 1. The van der Waals surface area contributed by atoms with Crippen LogP contribution in [-0.2, 0) is 16.0 Å². The Morgan fingerprint density at radius 1 is 1.16 bits per heavy atom. The van der Waals surface area contributed by atoms with E-state index in [4.69, 9.17) is 31.1 Å². The molecule has 3 fully saturated rings. The maximum atomic E-state index is 13.9. The summed E-state index contributed by atoms with van der Waals surface area (Å²) in [4.78, 5) is 26.8. The first-order valence-corrected chi connectivity index (χ1v) is 14.0. The number of ether oxygens (including phenoxy) is 2. The van der Waals surface area contributed by atoms with Crippen LogP contribution in [0.1, 0.15) is 43.2 Å². The van der Waals surface area contributed by atoms with E-state index in [1.807, 2.05) is 56.3 Å². The van der Waals surface area contributed by atoms with Crippen molar-refractivity contribution in [3.05, 3.63) is 70.5 Å². The molecule has 8 nitrogen and oxygen atoms in total. The normalized spacial score (nSPS) is 21.4. The van der Waals surface area contributed by atoms with Crippen LogP contribution in [0.25, 0.3) is 10.2 Å². The Hall–Kier alpha value is -2.98. The van der Waals surface area contributed by atoms with Crippen molar-refractivity contribution in [1.82, 2.24) is 20.1 Å². The number of amides is 2. The topological polar surface area (TPSA) is 79.3 Å². The van der Waals surface area contributed by atoms with Crippen LogP contribution in [0.5, 0.6) is 0 Å². The van der Waals surface area contributed by atoms with Crippen molar-refractivity contribution in [3.63, 3.8) is 0 Å². The van der Waals surface area contributed by atoms with Crippen LogP contribution in [0.3, 0.4) is 0 Å². The van der Waals surface area contributed by atoms with Crippen molar-refractivity contribution in [2.75, 3.05) is 19.8 Å². The summed E-state index contributed by atoms with van der Waals surface area (Å²) in [7, 11) is 0. The van der Waals surface area contributed by atoms with E-state index in [0.29, 0.717) is 49.0 Å².